The van der Waals surface area contributed by atoms with Crippen molar-refractivity contribution in [2.75, 3.05) is 19.6 Å². The molecule has 88 valence electrons. The van der Waals surface area contributed by atoms with Crippen molar-refractivity contribution in [2.45, 2.75) is 25.0 Å². The summed E-state index contributed by atoms with van der Waals surface area (Å²) < 4.78 is 0. The first-order chi connectivity index (χ1) is 7.58. The third-order valence-corrected chi connectivity index (χ3v) is 3.24. The first-order valence-corrected chi connectivity index (χ1v) is 5.84. The maximum absolute atomic E-state index is 10.4. The van der Waals surface area contributed by atoms with Crippen molar-refractivity contribution in [1.82, 2.24) is 4.90 Å². The van der Waals surface area contributed by atoms with Crippen molar-refractivity contribution in [3.05, 3.63) is 35.9 Å². The lowest BCUT2D eigenvalue weighted by Crippen LogP contribution is -2.38. The molecular weight excluding hydrogens is 200 g/mol. The standard InChI is InChI=1S/C13H20N2O/c1-13(16,11-5-3-2-4-6-11)10-15-8-7-12(14)9-15/h2-6,12,16H,7-10,14H2,1H3. The number of aliphatic hydroxyl groups is 1. The molecule has 1 heterocycles. The Morgan fingerprint density at radius 3 is 2.69 bits per heavy atom. The number of nitrogens with zero attached hydrogens (tertiary/aromatic N) is 1. The van der Waals surface area contributed by atoms with E-state index in [1.807, 2.05) is 37.3 Å². The van der Waals surface area contributed by atoms with Gasteiger partial charge >= 0.3 is 0 Å². The average Bonchev–Trinajstić information content (AvgIpc) is 2.64. The van der Waals surface area contributed by atoms with Crippen molar-refractivity contribution in [3.8, 4) is 0 Å². The Labute approximate surface area is 96.9 Å². The maximum Gasteiger partial charge on any atom is 0.0994 e. The van der Waals surface area contributed by atoms with Gasteiger partial charge in [-0.1, -0.05) is 30.3 Å². The minimum absolute atomic E-state index is 0.270. The van der Waals surface area contributed by atoms with Crippen molar-refractivity contribution < 1.29 is 5.11 Å². The van der Waals surface area contributed by atoms with Crippen LogP contribution in [0.15, 0.2) is 30.3 Å². The fourth-order valence-corrected chi connectivity index (χ4v) is 2.33. The lowest BCUT2D eigenvalue weighted by molar-refractivity contribution is 0.0224. The van der Waals surface area contributed by atoms with Gasteiger partial charge < -0.3 is 10.8 Å². The van der Waals surface area contributed by atoms with Gasteiger partial charge in [0.15, 0.2) is 0 Å². The summed E-state index contributed by atoms with van der Waals surface area (Å²) in [5, 5.41) is 10.4. The number of nitrogens with two attached hydrogens (primary N) is 1. The zero-order valence-electron chi connectivity index (χ0n) is 9.76. The minimum atomic E-state index is -0.786. The monoisotopic (exact) mass is 220 g/mol. The van der Waals surface area contributed by atoms with Gasteiger partial charge in [-0.25, -0.2) is 0 Å². The second-order valence-corrected chi connectivity index (χ2v) is 4.92. The molecular formula is C13H20N2O. The molecule has 1 fully saturated rings. The fourth-order valence-electron chi connectivity index (χ4n) is 2.33. The lowest BCUT2D eigenvalue weighted by atomic mass is 9.95. The smallest absolute Gasteiger partial charge is 0.0994 e. The molecule has 2 rings (SSSR count). The highest BCUT2D eigenvalue weighted by atomic mass is 16.3. The van der Waals surface area contributed by atoms with E-state index in [2.05, 4.69) is 4.90 Å². The third-order valence-electron chi connectivity index (χ3n) is 3.24. The molecule has 2 atom stereocenters. The molecule has 2 unspecified atom stereocenters. The second kappa shape index (κ2) is 4.53. The molecule has 16 heavy (non-hydrogen) atoms. The summed E-state index contributed by atoms with van der Waals surface area (Å²) in [6, 6.07) is 10.1. The predicted molar refractivity (Wildman–Crippen MR) is 65.0 cm³/mol. The molecule has 1 saturated heterocycles. The summed E-state index contributed by atoms with van der Waals surface area (Å²) in [6.07, 6.45) is 1.03. The van der Waals surface area contributed by atoms with E-state index in [0.717, 1.165) is 25.1 Å². The topological polar surface area (TPSA) is 49.5 Å². The van der Waals surface area contributed by atoms with Crippen molar-refractivity contribution in [3.63, 3.8) is 0 Å². The Hall–Kier alpha value is -0.900. The molecule has 3 heteroatoms. The van der Waals surface area contributed by atoms with Crippen LogP contribution in [0.5, 0.6) is 0 Å². The van der Waals surface area contributed by atoms with Gasteiger partial charge in [0.2, 0.25) is 0 Å². The summed E-state index contributed by atoms with van der Waals surface area (Å²) in [4.78, 5) is 2.23. The van der Waals surface area contributed by atoms with Crippen LogP contribution in [0.2, 0.25) is 0 Å². The summed E-state index contributed by atoms with van der Waals surface area (Å²) in [5.74, 6) is 0. The Bertz CT molecular complexity index is 337. The minimum Gasteiger partial charge on any atom is -0.384 e. The van der Waals surface area contributed by atoms with E-state index in [4.69, 9.17) is 5.73 Å². The highest BCUT2D eigenvalue weighted by Gasteiger charge is 2.29. The van der Waals surface area contributed by atoms with E-state index < -0.39 is 5.60 Å². The summed E-state index contributed by atoms with van der Waals surface area (Å²) in [6.45, 7) is 4.41. The van der Waals surface area contributed by atoms with E-state index in [1.165, 1.54) is 0 Å². The summed E-state index contributed by atoms with van der Waals surface area (Å²) in [7, 11) is 0. The number of rotatable bonds is 3. The average molecular weight is 220 g/mol. The van der Waals surface area contributed by atoms with E-state index in [0.29, 0.717) is 6.54 Å². The first-order valence-electron chi connectivity index (χ1n) is 5.84. The lowest BCUT2D eigenvalue weighted by Gasteiger charge is -2.29. The van der Waals surface area contributed by atoms with Crippen LogP contribution in [0.1, 0.15) is 18.9 Å². The molecule has 1 aliphatic heterocycles. The van der Waals surface area contributed by atoms with E-state index in [1.54, 1.807) is 0 Å². The molecule has 0 radical (unpaired) electrons. The molecule has 0 amide bonds. The zero-order valence-corrected chi connectivity index (χ0v) is 9.76. The Morgan fingerprint density at radius 1 is 1.44 bits per heavy atom. The van der Waals surface area contributed by atoms with Gasteiger partial charge in [0.1, 0.15) is 0 Å². The zero-order chi connectivity index (χ0) is 11.6. The van der Waals surface area contributed by atoms with Crippen molar-refractivity contribution >= 4 is 0 Å². The van der Waals surface area contributed by atoms with E-state index in [9.17, 15) is 5.11 Å². The molecule has 3 N–H and O–H groups in total. The number of β-amino-alcohol motifs (C(OH)–C–C–N with tert-alkyl or cyclic N) is 1. The van der Waals surface area contributed by atoms with Gasteiger partial charge in [0.25, 0.3) is 0 Å². The molecule has 0 aliphatic carbocycles. The Kier molecular flexibility index (Phi) is 3.28. The van der Waals surface area contributed by atoms with Crippen LogP contribution in [-0.4, -0.2) is 35.7 Å². The van der Waals surface area contributed by atoms with Crippen LogP contribution < -0.4 is 5.73 Å². The molecule has 1 aromatic rings. The number of hydrogen-bond donors (Lipinski definition) is 2. The fraction of sp³-hybridized carbons (Fsp3) is 0.538. The second-order valence-electron chi connectivity index (χ2n) is 4.92. The first kappa shape index (κ1) is 11.6. The molecule has 0 spiro atoms. The van der Waals surface area contributed by atoms with Crippen LogP contribution in [0.4, 0.5) is 0 Å². The summed E-state index contributed by atoms with van der Waals surface area (Å²) >= 11 is 0. The molecule has 1 aliphatic rings. The highest BCUT2D eigenvalue weighted by molar-refractivity contribution is 5.21. The Balaban J connectivity index is 2.03. The van der Waals surface area contributed by atoms with Crippen LogP contribution in [0.3, 0.4) is 0 Å². The van der Waals surface area contributed by atoms with Gasteiger partial charge in [-0.2, -0.15) is 0 Å². The van der Waals surface area contributed by atoms with Gasteiger partial charge in [-0.15, -0.1) is 0 Å². The van der Waals surface area contributed by atoms with Gasteiger partial charge in [-0.3, -0.25) is 4.90 Å². The quantitative estimate of drug-likeness (QED) is 0.796. The predicted octanol–water partition coefficient (Wildman–Crippen LogP) is 0.927. The van der Waals surface area contributed by atoms with Crippen LogP contribution in [0, 0.1) is 0 Å². The van der Waals surface area contributed by atoms with Gasteiger partial charge in [0, 0.05) is 19.1 Å². The third kappa shape index (κ3) is 2.61. The van der Waals surface area contributed by atoms with Gasteiger partial charge in [-0.05, 0) is 25.5 Å². The number of likely N-dealkylation sites (tertiary alicyclic amines) is 1. The maximum atomic E-state index is 10.4. The largest absolute Gasteiger partial charge is 0.384 e. The molecule has 0 saturated carbocycles. The summed E-state index contributed by atoms with van der Waals surface area (Å²) in [5.41, 5.74) is 6.04. The van der Waals surface area contributed by atoms with Crippen molar-refractivity contribution in [2.24, 2.45) is 5.73 Å². The highest BCUT2D eigenvalue weighted by Crippen LogP contribution is 2.23. The molecule has 0 bridgehead atoms. The Morgan fingerprint density at radius 2 is 2.12 bits per heavy atom. The van der Waals surface area contributed by atoms with Crippen LogP contribution in [0.25, 0.3) is 0 Å². The van der Waals surface area contributed by atoms with Crippen LogP contribution in [-0.2, 0) is 5.60 Å². The normalized spacial score (nSPS) is 25.6. The molecule has 1 aromatic carbocycles. The van der Waals surface area contributed by atoms with E-state index in [-0.39, 0.29) is 6.04 Å². The number of hydrogen-bond acceptors (Lipinski definition) is 3. The number of benzene rings is 1. The SMILES string of the molecule is CC(O)(CN1CCC(N)C1)c1ccccc1. The van der Waals surface area contributed by atoms with Crippen LogP contribution >= 0.6 is 0 Å². The van der Waals surface area contributed by atoms with Gasteiger partial charge in [0.05, 0.1) is 5.60 Å². The molecule has 3 nitrogen and oxygen atoms in total. The van der Waals surface area contributed by atoms with E-state index >= 15 is 0 Å². The van der Waals surface area contributed by atoms with Crippen molar-refractivity contribution in [1.29, 1.82) is 0 Å². The molecule has 0 aromatic heterocycles.